The average Bonchev–Trinajstić information content (AvgIpc) is 2.61. The van der Waals surface area contributed by atoms with Crippen LogP contribution >= 0.6 is 11.6 Å². The molecular weight excluding hydrogens is 264 g/mol. The van der Waals surface area contributed by atoms with Gasteiger partial charge in [-0.15, -0.1) is 0 Å². The van der Waals surface area contributed by atoms with Gasteiger partial charge in [-0.3, -0.25) is 10.1 Å². The summed E-state index contributed by atoms with van der Waals surface area (Å²) in [5.41, 5.74) is 0.183. The van der Waals surface area contributed by atoms with Crippen molar-refractivity contribution in [1.29, 1.82) is 0 Å². The van der Waals surface area contributed by atoms with Gasteiger partial charge < -0.3 is 4.90 Å². The van der Waals surface area contributed by atoms with E-state index in [-0.39, 0.29) is 11.9 Å². The summed E-state index contributed by atoms with van der Waals surface area (Å²) in [7, 11) is 0. The molecule has 5 heteroatoms. The van der Waals surface area contributed by atoms with Crippen LogP contribution in [0.25, 0.3) is 0 Å². The molecule has 1 aromatic carbocycles. The van der Waals surface area contributed by atoms with Crippen LogP contribution in [-0.2, 0) is 11.3 Å². The third-order valence-corrected chi connectivity index (χ3v) is 4.04. The second kappa shape index (κ2) is 5.21. The van der Waals surface area contributed by atoms with E-state index in [1.807, 2.05) is 32.0 Å². The first kappa shape index (κ1) is 13.9. The number of nitrogens with zero attached hydrogens (tertiary/aromatic N) is 1. The molecule has 1 aromatic rings. The second-order valence-electron chi connectivity index (χ2n) is 4.71. The van der Waals surface area contributed by atoms with Crippen LogP contribution in [-0.4, -0.2) is 22.4 Å². The number of urea groups is 1. The van der Waals surface area contributed by atoms with Gasteiger partial charge in [-0.2, -0.15) is 0 Å². The van der Waals surface area contributed by atoms with Crippen LogP contribution in [0.3, 0.4) is 0 Å². The molecule has 0 atom stereocenters. The van der Waals surface area contributed by atoms with E-state index in [4.69, 9.17) is 11.6 Å². The van der Waals surface area contributed by atoms with Crippen molar-refractivity contribution in [2.24, 2.45) is 0 Å². The fraction of sp³-hybridized carbons (Fsp3) is 0.429. The largest absolute Gasteiger partial charge is 0.325 e. The van der Waals surface area contributed by atoms with E-state index < -0.39 is 5.54 Å². The highest BCUT2D eigenvalue weighted by atomic mass is 35.5. The summed E-state index contributed by atoms with van der Waals surface area (Å²) in [6.07, 6.45) is 1.20. The highest BCUT2D eigenvalue weighted by molar-refractivity contribution is 6.30. The molecule has 1 aliphatic rings. The summed E-state index contributed by atoms with van der Waals surface area (Å²) in [5, 5.41) is 3.04. The van der Waals surface area contributed by atoms with E-state index in [0.29, 0.717) is 24.4 Å². The average molecular weight is 281 g/mol. The van der Waals surface area contributed by atoms with Crippen LogP contribution in [0.1, 0.15) is 32.3 Å². The fourth-order valence-corrected chi connectivity index (χ4v) is 2.80. The van der Waals surface area contributed by atoms with Crippen molar-refractivity contribution in [1.82, 2.24) is 10.2 Å². The predicted octanol–water partition coefficient (Wildman–Crippen LogP) is 2.95. The van der Waals surface area contributed by atoms with Gasteiger partial charge in [0.25, 0.3) is 5.91 Å². The molecule has 2 rings (SSSR count). The molecule has 3 amide bonds. The first-order valence-corrected chi connectivity index (χ1v) is 6.78. The Hall–Kier alpha value is -1.55. The second-order valence-corrected chi connectivity index (χ2v) is 5.15. The molecule has 0 unspecified atom stereocenters. The van der Waals surface area contributed by atoms with Crippen LogP contribution in [0.15, 0.2) is 24.3 Å². The lowest BCUT2D eigenvalue weighted by atomic mass is 9.91. The van der Waals surface area contributed by atoms with Crippen LogP contribution in [0.2, 0.25) is 5.02 Å². The Morgan fingerprint density at radius 2 is 1.95 bits per heavy atom. The molecule has 0 spiro atoms. The maximum atomic E-state index is 12.0. The Morgan fingerprint density at radius 3 is 2.53 bits per heavy atom. The smallest absolute Gasteiger partial charge is 0.305 e. The molecule has 1 aliphatic heterocycles. The lowest BCUT2D eigenvalue weighted by Crippen LogP contribution is -2.48. The number of benzene rings is 1. The van der Waals surface area contributed by atoms with Gasteiger partial charge in [-0.25, -0.2) is 4.79 Å². The van der Waals surface area contributed by atoms with E-state index in [1.165, 1.54) is 0 Å². The molecule has 0 aromatic heterocycles. The van der Waals surface area contributed by atoms with E-state index in [2.05, 4.69) is 5.32 Å². The molecule has 0 aliphatic carbocycles. The summed E-state index contributed by atoms with van der Waals surface area (Å²) in [5.74, 6) is -0.204. The van der Waals surface area contributed by atoms with Gasteiger partial charge in [0.1, 0.15) is 5.54 Å². The van der Waals surface area contributed by atoms with Crippen molar-refractivity contribution in [3.05, 3.63) is 34.9 Å². The Kier molecular flexibility index (Phi) is 3.80. The zero-order chi connectivity index (χ0) is 14.0. The van der Waals surface area contributed by atoms with Gasteiger partial charge in [0.05, 0.1) is 0 Å². The van der Waals surface area contributed by atoms with Gasteiger partial charge in [-0.05, 0) is 30.5 Å². The van der Waals surface area contributed by atoms with Crippen molar-refractivity contribution >= 4 is 23.5 Å². The number of rotatable bonds is 4. The molecule has 1 heterocycles. The first-order chi connectivity index (χ1) is 9.03. The minimum atomic E-state index is -0.737. The third-order valence-electron chi connectivity index (χ3n) is 3.80. The maximum Gasteiger partial charge on any atom is 0.325 e. The van der Waals surface area contributed by atoms with E-state index in [0.717, 1.165) is 5.56 Å². The van der Waals surface area contributed by atoms with Crippen LogP contribution in [0.4, 0.5) is 4.79 Å². The topological polar surface area (TPSA) is 49.4 Å². The Morgan fingerprint density at radius 1 is 1.26 bits per heavy atom. The highest BCUT2D eigenvalue weighted by Gasteiger charge is 2.50. The van der Waals surface area contributed by atoms with Crippen molar-refractivity contribution in [2.45, 2.75) is 38.8 Å². The monoisotopic (exact) mass is 280 g/mol. The number of nitrogens with one attached hydrogen (secondary N) is 1. The quantitative estimate of drug-likeness (QED) is 0.862. The summed E-state index contributed by atoms with van der Waals surface area (Å²) in [6, 6.07) is 7.01. The number of carbonyl (C=O) groups is 2. The van der Waals surface area contributed by atoms with Gasteiger partial charge in [0.15, 0.2) is 0 Å². The number of amides is 3. The Labute approximate surface area is 117 Å². The van der Waals surface area contributed by atoms with E-state index in [9.17, 15) is 9.59 Å². The summed E-state index contributed by atoms with van der Waals surface area (Å²) < 4.78 is 0. The molecule has 4 nitrogen and oxygen atoms in total. The lowest BCUT2D eigenvalue weighted by molar-refractivity contribution is -0.127. The zero-order valence-corrected chi connectivity index (χ0v) is 11.8. The number of imide groups is 1. The third kappa shape index (κ3) is 2.32. The predicted molar refractivity (Wildman–Crippen MR) is 73.8 cm³/mol. The lowest BCUT2D eigenvalue weighted by Gasteiger charge is -2.33. The summed E-state index contributed by atoms with van der Waals surface area (Å²) >= 11 is 5.95. The van der Waals surface area contributed by atoms with Crippen molar-refractivity contribution in [2.75, 3.05) is 0 Å². The molecular formula is C14H17ClN2O2. The van der Waals surface area contributed by atoms with Gasteiger partial charge in [0, 0.05) is 11.6 Å². The maximum absolute atomic E-state index is 12.0. The zero-order valence-electron chi connectivity index (χ0n) is 11.1. The summed E-state index contributed by atoms with van der Waals surface area (Å²) in [6.45, 7) is 4.24. The van der Waals surface area contributed by atoms with Gasteiger partial charge in [-0.1, -0.05) is 37.6 Å². The number of carbonyl (C=O) groups excluding carboxylic acids is 2. The van der Waals surface area contributed by atoms with Crippen molar-refractivity contribution in [3.8, 4) is 0 Å². The van der Waals surface area contributed by atoms with Crippen molar-refractivity contribution in [3.63, 3.8) is 0 Å². The Balaban J connectivity index is 2.31. The normalized spacial score (nSPS) is 17.7. The van der Waals surface area contributed by atoms with Crippen LogP contribution in [0.5, 0.6) is 0 Å². The molecule has 1 N–H and O–H groups in total. The highest BCUT2D eigenvalue weighted by Crippen LogP contribution is 2.31. The Bertz CT molecular complexity index is 512. The van der Waals surface area contributed by atoms with Crippen molar-refractivity contribution < 1.29 is 9.59 Å². The SMILES string of the molecule is CCC1(CC)C(=O)NC(=O)N1Cc1cccc(Cl)c1. The minimum absolute atomic E-state index is 0.204. The van der Waals surface area contributed by atoms with Crippen LogP contribution < -0.4 is 5.32 Å². The first-order valence-electron chi connectivity index (χ1n) is 6.41. The van der Waals surface area contributed by atoms with Gasteiger partial charge in [0.2, 0.25) is 0 Å². The molecule has 0 radical (unpaired) electrons. The standard InChI is InChI=1S/C14H17ClN2O2/c1-3-14(4-2)12(18)16-13(19)17(14)9-10-6-5-7-11(15)8-10/h5-8H,3-4,9H2,1-2H3,(H,16,18,19). The molecule has 19 heavy (non-hydrogen) atoms. The number of hydrogen-bond donors (Lipinski definition) is 1. The number of halogens is 1. The molecule has 0 bridgehead atoms. The molecule has 102 valence electrons. The molecule has 1 saturated heterocycles. The molecule has 0 saturated carbocycles. The van der Waals surface area contributed by atoms with E-state index in [1.54, 1.807) is 11.0 Å². The molecule has 1 fully saturated rings. The summed E-state index contributed by atoms with van der Waals surface area (Å²) in [4.78, 5) is 25.6. The van der Waals surface area contributed by atoms with Crippen LogP contribution in [0, 0.1) is 0 Å². The minimum Gasteiger partial charge on any atom is -0.305 e. The number of hydrogen-bond acceptors (Lipinski definition) is 2. The van der Waals surface area contributed by atoms with Gasteiger partial charge >= 0.3 is 6.03 Å². The fourth-order valence-electron chi connectivity index (χ4n) is 2.59. The van der Waals surface area contributed by atoms with E-state index >= 15 is 0 Å².